The molecule has 1 aliphatic rings. The van der Waals surface area contributed by atoms with Crippen LogP contribution in [0.5, 0.6) is 0 Å². The van der Waals surface area contributed by atoms with Gasteiger partial charge in [-0.25, -0.2) is 0 Å². The third-order valence-electron chi connectivity index (χ3n) is 3.70. The lowest BCUT2D eigenvalue weighted by Gasteiger charge is -2.23. The zero-order chi connectivity index (χ0) is 13.2. The van der Waals surface area contributed by atoms with Crippen molar-refractivity contribution in [2.24, 2.45) is 0 Å². The Morgan fingerprint density at radius 3 is 2.72 bits per heavy atom. The second-order valence-corrected chi connectivity index (χ2v) is 5.50. The molecule has 0 aromatic heterocycles. The van der Waals surface area contributed by atoms with Crippen molar-refractivity contribution in [3.63, 3.8) is 0 Å². The van der Waals surface area contributed by atoms with Gasteiger partial charge in [-0.2, -0.15) is 0 Å². The maximum atomic E-state index is 12.2. The number of rotatable bonds is 5. The van der Waals surface area contributed by atoms with E-state index in [0.29, 0.717) is 13.0 Å². The minimum Gasteiger partial charge on any atom is -0.368 e. The first-order valence-corrected chi connectivity index (χ1v) is 6.81. The fourth-order valence-electron chi connectivity index (χ4n) is 2.57. The lowest BCUT2D eigenvalue weighted by atomic mass is 9.95. The number of ketones is 1. The second-order valence-electron chi connectivity index (χ2n) is 5.50. The predicted molar refractivity (Wildman–Crippen MR) is 72.9 cm³/mol. The third-order valence-corrected chi connectivity index (χ3v) is 3.70. The lowest BCUT2D eigenvalue weighted by molar-refractivity contribution is -0.139. The van der Waals surface area contributed by atoms with Crippen molar-refractivity contribution in [1.29, 1.82) is 0 Å². The number of hydrogen-bond acceptors (Lipinski definition) is 2. The van der Waals surface area contributed by atoms with Crippen molar-refractivity contribution in [3.05, 3.63) is 34.9 Å². The first kappa shape index (κ1) is 13.3. The van der Waals surface area contributed by atoms with Crippen LogP contribution in [0.3, 0.4) is 0 Å². The third kappa shape index (κ3) is 2.81. The highest BCUT2D eigenvalue weighted by molar-refractivity contribution is 5.88. The predicted octanol–water partition coefficient (Wildman–Crippen LogP) is 3.10. The molecule has 18 heavy (non-hydrogen) atoms. The van der Waals surface area contributed by atoms with E-state index in [9.17, 15) is 4.79 Å². The van der Waals surface area contributed by atoms with Gasteiger partial charge in [0.1, 0.15) is 5.60 Å². The van der Waals surface area contributed by atoms with Crippen LogP contribution in [-0.4, -0.2) is 18.0 Å². The Bertz CT molecular complexity index is 446. The van der Waals surface area contributed by atoms with E-state index >= 15 is 0 Å². The van der Waals surface area contributed by atoms with Crippen LogP contribution in [0.25, 0.3) is 0 Å². The molecule has 2 rings (SSSR count). The summed E-state index contributed by atoms with van der Waals surface area (Å²) in [6, 6.07) is 6.46. The Kier molecular flexibility index (Phi) is 3.86. The van der Waals surface area contributed by atoms with Crippen molar-refractivity contribution in [1.82, 2.24) is 0 Å². The summed E-state index contributed by atoms with van der Waals surface area (Å²) in [4.78, 5) is 12.2. The van der Waals surface area contributed by atoms with E-state index in [4.69, 9.17) is 4.74 Å². The monoisotopic (exact) mass is 246 g/mol. The van der Waals surface area contributed by atoms with Gasteiger partial charge in [-0.3, -0.25) is 4.79 Å². The maximum Gasteiger partial charge on any atom is 0.168 e. The fraction of sp³-hybridized carbons (Fsp3) is 0.562. The summed E-state index contributed by atoms with van der Waals surface area (Å²) in [5.74, 6) is 0.155. The molecule has 0 radical (unpaired) electrons. The molecule has 98 valence electrons. The smallest absolute Gasteiger partial charge is 0.168 e. The first-order chi connectivity index (χ1) is 8.53. The van der Waals surface area contributed by atoms with Gasteiger partial charge in [-0.05, 0) is 56.7 Å². The summed E-state index contributed by atoms with van der Waals surface area (Å²) in [5, 5.41) is 0. The maximum absolute atomic E-state index is 12.2. The molecule has 0 unspecified atom stereocenters. The first-order valence-electron chi connectivity index (χ1n) is 6.81. The molecule has 0 bridgehead atoms. The van der Waals surface area contributed by atoms with Gasteiger partial charge in [-0.15, -0.1) is 0 Å². The number of benzene rings is 1. The summed E-state index contributed by atoms with van der Waals surface area (Å²) in [7, 11) is 0. The van der Waals surface area contributed by atoms with E-state index in [2.05, 4.69) is 18.2 Å². The minimum atomic E-state index is -0.673. The normalized spacial score (nSPS) is 14.6. The van der Waals surface area contributed by atoms with Crippen LogP contribution >= 0.6 is 0 Å². The van der Waals surface area contributed by atoms with Crippen LogP contribution < -0.4 is 0 Å². The fourth-order valence-corrected chi connectivity index (χ4v) is 2.57. The Morgan fingerprint density at radius 1 is 1.28 bits per heavy atom. The quantitative estimate of drug-likeness (QED) is 0.798. The summed E-state index contributed by atoms with van der Waals surface area (Å²) >= 11 is 0. The lowest BCUT2D eigenvalue weighted by Crippen LogP contribution is -2.36. The molecular weight excluding hydrogens is 224 g/mol. The Hall–Kier alpha value is -1.15. The van der Waals surface area contributed by atoms with E-state index in [0.717, 1.165) is 12.0 Å². The highest BCUT2D eigenvalue weighted by atomic mass is 16.5. The molecule has 0 saturated carbocycles. The summed E-state index contributed by atoms with van der Waals surface area (Å²) in [6.07, 6.45) is 4.07. The zero-order valence-corrected chi connectivity index (χ0v) is 11.6. The molecule has 0 spiro atoms. The van der Waals surface area contributed by atoms with E-state index in [1.807, 2.05) is 20.8 Å². The van der Waals surface area contributed by atoms with Crippen LogP contribution in [0.1, 0.15) is 43.9 Å². The van der Waals surface area contributed by atoms with E-state index in [1.165, 1.54) is 24.0 Å². The van der Waals surface area contributed by atoms with Gasteiger partial charge >= 0.3 is 0 Å². The van der Waals surface area contributed by atoms with Crippen LogP contribution in [0.2, 0.25) is 0 Å². The number of hydrogen-bond donors (Lipinski definition) is 0. The average Bonchev–Trinajstić information content (AvgIpc) is 2.76. The van der Waals surface area contributed by atoms with Gasteiger partial charge in [-0.1, -0.05) is 18.2 Å². The minimum absolute atomic E-state index is 0.155. The van der Waals surface area contributed by atoms with Gasteiger partial charge in [0.05, 0.1) is 0 Å². The molecule has 0 heterocycles. The number of carbonyl (C=O) groups is 1. The van der Waals surface area contributed by atoms with Crippen LogP contribution in [0.15, 0.2) is 18.2 Å². The summed E-state index contributed by atoms with van der Waals surface area (Å²) in [6.45, 7) is 6.20. The topological polar surface area (TPSA) is 26.3 Å². The molecule has 0 aliphatic heterocycles. The van der Waals surface area contributed by atoms with Gasteiger partial charge < -0.3 is 4.74 Å². The Balaban J connectivity index is 2.08. The van der Waals surface area contributed by atoms with Crippen molar-refractivity contribution in [2.45, 2.75) is 52.1 Å². The molecule has 1 aliphatic carbocycles. The highest BCUT2D eigenvalue weighted by Gasteiger charge is 2.27. The van der Waals surface area contributed by atoms with Gasteiger partial charge in [0, 0.05) is 13.0 Å². The van der Waals surface area contributed by atoms with Crippen LogP contribution in [0.4, 0.5) is 0 Å². The zero-order valence-electron chi connectivity index (χ0n) is 11.6. The molecule has 0 N–H and O–H groups in total. The molecule has 1 aromatic carbocycles. The van der Waals surface area contributed by atoms with Gasteiger partial charge in [0.15, 0.2) is 5.78 Å². The van der Waals surface area contributed by atoms with Gasteiger partial charge in [0.2, 0.25) is 0 Å². The molecule has 0 fully saturated rings. The summed E-state index contributed by atoms with van der Waals surface area (Å²) in [5.41, 5.74) is 3.33. The molecule has 1 aromatic rings. The van der Waals surface area contributed by atoms with Crippen molar-refractivity contribution >= 4 is 5.78 Å². The summed E-state index contributed by atoms with van der Waals surface area (Å²) < 4.78 is 5.51. The van der Waals surface area contributed by atoms with E-state index in [-0.39, 0.29) is 5.78 Å². The number of fused-ring (bicyclic) bond motifs is 1. The Labute approximate surface area is 109 Å². The average molecular weight is 246 g/mol. The number of Topliss-reactive ketones (excluding diaryl/α,β-unsaturated/α-hetero) is 1. The van der Waals surface area contributed by atoms with Crippen molar-refractivity contribution in [2.75, 3.05) is 6.61 Å². The van der Waals surface area contributed by atoms with Gasteiger partial charge in [0.25, 0.3) is 0 Å². The largest absolute Gasteiger partial charge is 0.368 e. The standard InChI is InChI=1S/C16H22O2/c1-4-18-16(2,3)15(17)11-12-8-9-13-6-5-7-14(13)10-12/h8-10H,4-7,11H2,1-3H3. The second kappa shape index (κ2) is 5.23. The molecule has 0 saturated heterocycles. The molecule has 2 heteroatoms. The number of ether oxygens (including phenoxy) is 1. The van der Waals surface area contributed by atoms with Crippen LogP contribution in [0, 0.1) is 0 Å². The molecule has 0 atom stereocenters. The molecule has 2 nitrogen and oxygen atoms in total. The Morgan fingerprint density at radius 2 is 2.00 bits per heavy atom. The number of aryl methyl sites for hydroxylation is 2. The van der Waals surface area contributed by atoms with Crippen LogP contribution in [-0.2, 0) is 28.8 Å². The van der Waals surface area contributed by atoms with Crippen molar-refractivity contribution < 1.29 is 9.53 Å². The van der Waals surface area contributed by atoms with E-state index in [1.54, 1.807) is 0 Å². The van der Waals surface area contributed by atoms with Crippen molar-refractivity contribution in [3.8, 4) is 0 Å². The molecular formula is C16H22O2. The SMILES string of the molecule is CCOC(C)(C)C(=O)Cc1ccc2c(c1)CCC2. The molecule has 0 amide bonds. The van der Waals surface area contributed by atoms with E-state index < -0.39 is 5.60 Å². The number of carbonyl (C=O) groups excluding carboxylic acids is 1. The highest BCUT2D eigenvalue weighted by Crippen LogP contribution is 2.24.